The molecule has 0 aliphatic rings. The molecule has 148 valence electrons. The Morgan fingerprint density at radius 2 is 1.76 bits per heavy atom. The van der Waals surface area contributed by atoms with Crippen LogP contribution in [-0.4, -0.2) is 21.6 Å². The first kappa shape index (κ1) is 18.8. The van der Waals surface area contributed by atoms with Gasteiger partial charge < -0.3 is 13.9 Å². The summed E-state index contributed by atoms with van der Waals surface area (Å²) in [6.07, 6.45) is 0.728. The van der Waals surface area contributed by atoms with Crippen LogP contribution in [0.25, 0.3) is 22.7 Å². The molecule has 0 spiro atoms. The minimum absolute atomic E-state index is 0.0920. The summed E-state index contributed by atoms with van der Waals surface area (Å²) in [5, 5.41) is 0. The van der Waals surface area contributed by atoms with E-state index in [-0.39, 0.29) is 17.6 Å². The zero-order valence-electron chi connectivity index (χ0n) is 15.8. The fourth-order valence-electron chi connectivity index (χ4n) is 2.70. The first-order chi connectivity index (χ1) is 14.0. The summed E-state index contributed by atoms with van der Waals surface area (Å²) in [7, 11) is 0. The Morgan fingerprint density at radius 3 is 2.48 bits per heavy atom. The van der Waals surface area contributed by atoms with Crippen LogP contribution in [-0.2, 0) is 0 Å². The van der Waals surface area contributed by atoms with Crippen LogP contribution in [0.4, 0.5) is 8.78 Å². The predicted octanol–water partition coefficient (Wildman–Crippen LogP) is 5.45. The molecule has 0 unspecified atom stereocenters. The highest BCUT2D eigenvalue weighted by Gasteiger charge is 2.20. The average Bonchev–Trinajstić information content (AvgIpc) is 3.13. The van der Waals surface area contributed by atoms with E-state index in [1.807, 2.05) is 38.1 Å². The summed E-state index contributed by atoms with van der Waals surface area (Å²) in [5.74, 6) is -1.91. The molecule has 0 bridgehead atoms. The van der Waals surface area contributed by atoms with Crippen LogP contribution in [0.2, 0.25) is 0 Å². The molecule has 2 aromatic carbocycles. The SMILES string of the molecule is CCCOc1nc(Oc2c(F)cccc2F)nc2oc(-c3cccc(C)c3)nc12. The number of hydrogen-bond acceptors (Lipinski definition) is 6. The highest BCUT2D eigenvalue weighted by atomic mass is 19.1. The van der Waals surface area contributed by atoms with Crippen molar-refractivity contribution in [3.05, 3.63) is 59.7 Å². The summed E-state index contributed by atoms with van der Waals surface area (Å²) in [4.78, 5) is 12.7. The molecule has 0 fully saturated rings. The second kappa shape index (κ2) is 7.83. The number of para-hydroxylation sites is 1. The molecule has 2 heterocycles. The van der Waals surface area contributed by atoms with Crippen LogP contribution < -0.4 is 9.47 Å². The number of ether oxygens (including phenoxy) is 2. The van der Waals surface area contributed by atoms with Crippen LogP contribution in [0.5, 0.6) is 17.6 Å². The van der Waals surface area contributed by atoms with E-state index < -0.39 is 17.4 Å². The maximum atomic E-state index is 13.9. The van der Waals surface area contributed by atoms with E-state index in [0.29, 0.717) is 18.0 Å². The normalized spacial score (nSPS) is 11.0. The van der Waals surface area contributed by atoms with E-state index in [1.54, 1.807) is 0 Å². The molecule has 4 aromatic rings. The minimum Gasteiger partial charge on any atom is -0.476 e. The van der Waals surface area contributed by atoms with Gasteiger partial charge in [-0.1, -0.05) is 30.7 Å². The van der Waals surface area contributed by atoms with Crippen molar-refractivity contribution in [1.82, 2.24) is 15.0 Å². The van der Waals surface area contributed by atoms with Gasteiger partial charge >= 0.3 is 6.01 Å². The quantitative estimate of drug-likeness (QED) is 0.431. The first-order valence-electron chi connectivity index (χ1n) is 9.05. The van der Waals surface area contributed by atoms with Crippen LogP contribution in [0.3, 0.4) is 0 Å². The molecule has 8 heteroatoms. The van der Waals surface area contributed by atoms with Gasteiger partial charge in [-0.05, 0) is 37.6 Å². The van der Waals surface area contributed by atoms with E-state index in [0.717, 1.165) is 29.7 Å². The monoisotopic (exact) mass is 397 g/mol. The van der Waals surface area contributed by atoms with Crippen molar-refractivity contribution in [3.8, 4) is 29.1 Å². The number of oxazole rings is 1. The van der Waals surface area contributed by atoms with Gasteiger partial charge in [0.2, 0.25) is 11.6 Å². The van der Waals surface area contributed by atoms with Crippen LogP contribution in [0.1, 0.15) is 18.9 Å². The lowest BCUT2D eigenvalue weighted by atomic mass is 10.1. The first-order valence-corrected chi connectivity index (χ1v) is 9.05. The van der Waals surface area contributed by atoms with Gasteiger partial charge in [0.05, 0.1) is 6.61 Å². The van der Waals surface area contributed by atoms with E-state index in [4.69, 9.17) is 13.9 Å². The largest absolute Gasteiger partial charge is 0.476 e. The Balaban J connectivity index is 1.80. The number of halogens is 2. The zero-order chi connectivity index (χ0) is 20.4. The van der Waals surface area contributed by atoms with E-state index in [1.165, 1.54) is 6.07 Å². The predicted molar refractivity (Wildman–Crippen MR) is 102 cm³/mol. The molecular weight excluding hydrogens is 380 g/mol. The molecular formula is C21H17F2N3O3. The van der Waals surface area contributed by atoms with Crippen molar-refractivity contribution in [3.63, 3.8) is 0 Å². The molecule has 0 aliphatic carbocycles. The summed E-state index contributed by atoms with van der Waals surface area (Å²) in [6, 6.07) is 10.7. The van der Waals surface area contributed by atoms with Gasteiger partial charge in [-0.2, -0.15) is 9.97 Å². The number of nitrogens with zero attached hydrogens (tertiary/aromatic N) is 3. The number of hydrogen-bond donors (Lipinski definition) is 0. The Bertz CT molecular complexity index is 1160. The number of aryl methyl sites for hydroxylation is 1. The summed E-state index contributed by atoms with van der Waals surface area (Å²) in [5.41, 5.74) is 2.19. The highest BCUT2D eigenvalue weighted by molar-refractivity contribution is 5.78. The third kappa shape index (κ3) is 3.87. The summed E-state index contributed by atoms with van der Waals surface area (Å²) < 4.78 is 44.5. The van der Waals surface area contributed by atoms with Crippen LogP contribution >= 0.6 is 0 Å². The van der Waals surface area contributed by atoms with Gasteiger partial charge in [-0.3, -0.25) is 0 Å². The minimum atomic E-state index is -0.872. The molecule has 29 heavy (non-hydrogen) atoms. The van der Waals surface area contributed by atoms with Gasteiger partial charge in [-0.25, -0.2) is 13.8 Å². The van der Waals surface area contributed by atoms with Crippen molar-refractivity contribution in [2.45, 2.75) is 20.3 Å². The second-order valence-electron chi connectivity index (χ2n) is 6.35. The second-order valence-corrected chi connectivity index (χ2v) is 6.35. The van der Waals surface area contributed by atoms with Crippen LogP contribution in [0, 0.1) is 18.6 Å². The van der Waals surface area contributed by atoms with Gasteiger partial charge in [0, 0.05) is 5.56 Å². The number of benzene rings is 2. The van der Waals surface area contributed by atoms with Crippen molar-refractivity contribution >= 4 is 11.2 Å². The third-order valence-corrected chi connectivity index (χ3v) is 4.03. The molecule has 0 amide bonds. The third-order valence-electron chi connectivity index (χ3n) is 4.03. The Kier molecular flexibility index (Phi) is 5.07. The smallest absolute Gasteiger partial charge is 0.329 e. The topological polar surface area (TPSA) is 70.3 Å². The molecule has 6 nitrogen and oxygen atoms in total. The Labute approximate surface area is 165 Å². The number of rotatable bonds is 6. The number of aromatic nitrogens is 3. The summed E-state index contributed by atoms with van der Waals surface area (Å²) >= 11 is 0. The Morgan fingerprint density at radius 1 is 1.00 bits per heavy atom. The zero-order valence-corrected chi connectivity index (χ0v) is 15.8. The fraction of sp³-hybridized carbons (Fsp3) is 0.190. The van der Waals surface area contributed by atoms with Crippen molar-refractivity contribution < 1.29 is 22.7 Å². The lowest BCUT2D eigenvalue weighted by Crippen LogP contribution is -2.02. The maximum Gasteiger partial charge on any atom is 0.329 e. The molecule has 0 radical (unpaired) electrons. The van der Waals surface area contributed by atoms with E-state index in [2.05, 4.69) is 15.0 Å². The van der Waals surface area contributed by atoms with E-state index >= 15 is 0 Å². The lowest BCUT2D eigenvalue weighted by molar-refractivity contribution is 0.300. The van der Waals surface area contributed by atoms with Gasteiger partial charge in [0.15, 0.2) is 17.2 Å². The maximum absolute atomic E-state index is 13.9. The molecule has 0 aliphatic heterocycles. The van der Waals surface area contributed by atoms with Gasteiger partial charge in [0.25, 0.3) is 11.6 Å². The van der Waals surface area contributed by atoms with Crippen molar-refractivity contribution in [2.24, 2.45) is 0 Å². The molecule has 0 saturated carbocycles. The van der Waals surface area contributed by atoms with E-state index in [9.17, 15) is 8.78 Å². The highest BCUT2D eigenvalue weighted by Crippen LogP contribution is 2.32. The van der Waals surface area contributed by atoms with Gasteiger partial charge in [-0.15, -0.1) is 0 Å². The van der Waals surface area contributed by atoms with Gasteiger partial charge in [0.1, 0.15) is 0 Å². The van der Waals surface area contributed by atoms with Crippen molar-refractivity contribution in [2.75, 3.05) is 6.61 Å². The Hall–Kier alpha value is -3.55. The number of fused-ring (bicyclic) bond motifs is 1. The van der Waals surface area contributed by atoms with Crippen LogP contribution in [0.15, 0.2) is 46.9 Å². The average molecular weight is 397 g/mol. The summed E-state index contributed by atoms with van der Waals surface area (Å²) in [6.45, 7) is 4.26. The molecule has 4 rings (SSSR count). The van der Waals surface area contributed by atoms with Crippen molar-refractivity contribution in [1.29, 1.82) is 0 Å². The molecule has 0 atom stereocenters. The molecule has 2 aromatic heterocycles. The molecule has 0 saturated heterocycles. The lowest BCUT2D eigenvalue weighted by Gasteiger charge is -2.08. The molecule has 0 N–H and O–H groups in total. The standard InChI is InChI=1S/C21H17F2N3O3/c1-3-10-27-19-16-20(29-18(24-16)13-7-4-6-12(2)11-13)26-21(25-19)28-17-14(22)8-5-9-15(17)23/h4-9,11H,3,10H2,1-2H3. The fourth-order valence-corrected chi connectivity index (χ4v) is 2.70.